The van der Waals surface area contributed by atoms with Gasteiger partial charge in [-0.2, -0.15) is 0 Å². The summed E-state index contributed by atoms with van der Waals surface area (Å²) < 4.78 is 0. The van der Waals surface area contributed by atoms with Crippen molar-refractivity contribution < 1.29 is 4.79 Å². The van der Waals surface area contributed by atoms with Gasteiger partial charge in [-0.1, -0.05) is 11.3 Å². The molecule has 2 rings (SSSR count). The summed E-state index contributed by atoms with van der Waals surface area (Å²) in [7, 11) is 0. The number of carbonyl (C=O) groups is 1. The van der Waals surface area contributed by atoms with E-state index in [-0.39, 0.29) is 11.8 Å². The zero-order chi connectivity index (χ0) is 10.7. The molecule has 15 heavy (non-hydrogen) atoms. The minimum atomic E-state index is 0.185. The quantitative estimate of drug-likeness (QED) is 0.728. The Bertz CT molecular complexity index is 348. The highest BCUT2D eigenvalue weighted by Crippen LogP contribution is 2.28. The Morgan fingerprint density at radius 2 is 2.27 bits per heavy atom. The Kier molecular flexibility index (Phi) is 3.15. The predicted molar refractivity (Wildman–Crippen MR) is 58.9 cm³/mol. The molecule has 0 radical (unpaired) electrons. The highest BCUT2D eigenvalue weighted by Gasteiger charge is 2.28. The topological polar surface area (TPSA) is 66.9 Å². The van der Waals surface area contributed by atoms with Crippen LogP contribution >= 0.6 is 11.3 Å². The van der Waals surface area contributed by atoms with Crippen molar-refractivity contribution in [1.29, 1.82) is 0 Å². The number of amides is 1. The molecule has 1 amide bonds. The summed E-state index contributed by atoms with van der Waals surface area (Å²) in [5.41, 5.74) is 0. The van der Waals surface area contributed by atoms with E-state index in [4.69, 9.17) is 0 Å². The van der Waals surface area contributed by atoms with Gasteiger partial charge in [0.05, 0.1) is 0 Å². The fourth-order valence-electron chi connectivity index (χ4n) is 1.21. The minimum absolute atomic E-state index is 0.185. The number of carbonyl (C=O) groups excluding carboxylic acids is 1. The second kappa shape index (κ2) is 4.57. The van der Waals surface area contributed by atoms with E-state index in [1.54, 1.807) is 0 Å². The molecular weight excluding hydrogens is 212 g/mol. The van der Waals surface area contributed by atoms with Crippen LogP contribution in [0.4, 0.5) is 5.13 Å². The van der Waals surface area contributed by atoms with Crippen molar-refractivity contribution in [2.75, 3.05) is 18.4 Å². The van der Waals surface area contributed by atoms with Crippen LogP contribution in [0, 0.1) is 12.8 Å². The van der Waals surface area contributed by atoms with E-state index in [0.29, 0.717) is 13.1 Å². The highest BCUT2D eigenvalue weighted by atomic mass is 32.1. The Morgan fingerprint density at radius 3 is 2.87 bits per heavy atom. The van der Waals surface area contributed by atoms with Crippen molar-refractivity contribution in [2.45, 2.75) is 19.8 Å². The lowest BCUT2D eigenvalue weighted by Crippen LogP contribution is -2.29. The first-order chi connectivity index (χ1) is 7.25. The van der Waals surface area contributed by atoms with Crippen LogP contribution in [0.25, 0.3) is 0 Å². The van der Waals surface area contributed by atoms with Crippen LogP contribution in [-0.4, -0.2) is 29.2 Å². The Morgan fingerprint density at radius 1 is 1.47 bits per heavy atom. The summed E-state index contributed by atoms with van der Waals surface area (Å²) in [5, 5.41) is 15.6. The molecule has 82 valence electrons. The third-order valence-corrected chi connectivity index (χ3v) is 2.97. The predicted octanol–water partition coefficient (Wildman–Crippen LogP) is 0.785. The van der Waals surface area contributed by atoms with Crippen LogP contribution in [0.3, 0.4) is 0 Å². The zero-order valence-electron chi connectivity index (χ0n) is 8.62. The Balaban J connectivity index is 1.60. The summed E-state index contributed by atoms with van der Waals surface area (Å²) in [6.07, 6.45) is 2.10. The van der Waals surface area contributed by atoms with Crippen LogP contribution in [-0.2, 0) is 4.79 Å². The molecule has 0 aliphatic heterocycles. The van der Waals surface area contributed by atoms with Crippen LogP contribution in [0.5, 0.6) is 0 Å². The average molecular weight is 226 g/mol. The van der Waals surface area contributed by atoms with Gasteiger partial charge in [0.1, 0.15) is 5.01 Å². The molecule has 2 N–H and O–H groups in total. The molecule has 1 heterocycles. The minimum Gasteiger partial charge on any atom is -0.358 e. The van der Waals surface area contributed by atoms with Gasteiger partial charge in [-0.05, 0) is 19.8 Å². The Hall–Kier alpha value is -1.17. The standard InChI is InChI=1S/C9H14N4OS/c1-6-12-13-9(15-6)11-5-4-10-8(14)7-2-3-7/h7H,2-5H2,1H3,(H,10,14)(H,11,13). The molecule has 0 atom stereocenters. The number of nitrogens with zero attached hydrogens (tertiary/aromatic N) is 2. The lowest BCUT2D eigenvalue weighted by molar-refractivity contribution is -0.122. The number of aromatic nitrogens is 2. The van der Waals surface area contributed by atoms with Gasteiger partial charge in [-0.15, -0.1) is 10.2 Å². The van der Waals surface area contributed by atoms with Crippen LogP contribution in [0.1, 0.15) is 17.8 Å². The molecule has 1 aromatic rings. The summed E-state index contributed by atoms with van der Waals surface area (Å²) in [4.78, 5) is 11.3. The van der Waals surface area contributed by atoms with Gasteiger partial charge in [0.15, 0.2) is 0 Å². The molecule has 6 heteroatoms. The maximum absolute atomic E-state index is 11.3. The van der Waals surface area contributed by atoms with E-state index < -0.39 is 0 Å². The molecule has 0 aromatic carbocycles. The van der Waals surface area contributed by atoms with Gasteiger partial charge in [0.25, 0.3) is 0 Å². The fraction of sp³-hybridized carbons (Fsp3) is 0.667. The van der Waals surface area contributed by atoms with Crippen molar-refractivity contribution in [1.82, 2.24) is 15.5 Å². The third kappa shape index (κ3) is 3.16. The Labute approximate surface area is 92.3 Å². The lowest BCUT2D eigenvalue weighted by atomic mass is 10.4. The molecule has 0 saturated heterocycles. The number of hydrogen-bond acceptors (Lipinski definition) is 5. The summed E-state index contributed by atoms with van der Waals surface area (Å²) in [5.74, 6) is 0.471. The van der Waals surface area contributed by atoms with E-state index >= 15 is 0 Å². The van der Waals surface area contributed by atoms with Crippen LogP contribution in [0.2, 0.25) is 0 Å². The van der Waals surface area contributed by atoms with Gasteiger partial charge in [-0.3, -0.25) is 4.79 Å². The molecule has 1 saturated carbocycles. The summed E-state index contributed by atoms with van der Waals surface area (Å²) in [6.45, 7) is 3.26. The molecule has 0 unspecified atom stereocenters. The van der Waals surface area contributed by atoms with E-state index in [2.05, 4.69) is 20.8 Å². The fourth-order valence-corrected chi connectivity index (χ4v) is 1.83. The molecule has 1 aliphatic carbocycles. The maximum atomic E-state index is 11.3. The second-order valence-electron chi connectivity index (χ2n) is 3.62. The van der Waals surface area contributed by atoms with E-state index in [9.17, 15) is 4.79 Å². The maximum Gasteiger partial charge on any atom is 0.223 e. The van der Waals surface area contributed by atoms with Gasteiger partial charge in [0, 0.05) is 19.0 Å². The number of hydrogen-bond donors (Lipinski definition) is 2. The molecule has 0 bridgehead atoms. The molecule has 1 fully saturated rings. The average Bonchev–Trinajstić information content (AvgIpc) is 2.98. The summed E-state index contributed by atoms with van der Waals surface area (Å²) in [6, 6.07) is 0. The second-order valence-corrected chi connectivity index (χ2v) is 4.80. The van der Waals surface area contributed by atoms with Gasteiger partial charge >= 0.3 is 0 Å². The third-order valence-electron chi connectivity index (χ3n) is 2.17. The van der Waals surface area contributed by atoms with Crippen molar-refractivity contribution in [2.24, 2.45) is 5.92 Å². The van der Waals surface area contributed by atoms with Crippen LogP contribution in [0.15, 0.2) is 0 Å². The number of nitrogens with one attached hydrogen (secondary N) is 2. The molecule has 1 aliphatic rings. The van der Waals surface area contributed by atoms with Gasteiger partial charge in [-0.25, -0.2) is 0 Å². The molecule has 5 nitrogen and oxygen atoms in total. The first-order valence-corrected chi connectivity index (χ1v) is 5.89. The largest absolute Gasteiger partial charge is 0.358 e. The van der Waals surface area contributed by atoms with E-state index in [0.717, 1.165) is 23.0 Å². The smallest absolute Gasteiger partial charge is 0.223 e. The number of aryl methyl sites for hydroxylation is 1. The van der Waals surface area contributed by atoms with Crippen molar-refractivity contribution >= 4 is 22.4 Å². The highest BCUT2D eigenvalue weighted by molar-refractivity contribution is 7.15. The normalized spacial score (nSPS) is 15.0. The number of anilines is 1. The molecule has 1 aromatic heterocycles. The monoisotopic (exact) mass is 226 g/mol. The van der Waals surface area contributed by atoms with Crippen molar-refractivity contribution in [3.05, 3.63) is 5.01 Å². The van der Waals surface area contributed by atoms with E-state index in [1.165, 1.54) is 11.3 Å². The summed E-state index contributed by atoms with van der Waals surface area (Å²) >= 11 is 1.52. The molecular formula is C9H14N4OS. The van der Waals surface area contributed by atoms with Crippen LogP contribution < -0.4 is 10.6 Å². The van der Waals surface area contributed by atoms with Gasteiger partial charge in [0.2, 0.25) is 11.0 Å². The number of rotatable bonds is 5. The van der Waals surface area contributed by atoms with Gasteiger partial charge < -0.3 is 10.6 Å². The lowest BCUT2D eigenvalue weighted by Gasteiger charge is -2.03. The molecule has 0 spiro atoms. The zero-order valence-corrected chi connectivity index (χ0v) is 9.43. The van der Waals surface area contributed by atoms with Crippen molar-refractivity contribution in [3.8, 4) is 0 Å². The SMILES string of the molecule is Cc1nnc(NCCNC(=O)C2CC2)s1. The van der Waals surface area contributed by atoms with Crippen molar-refractivity contribution in [3.63, 3.8) is 0 Å². The first kappa shape index (κ1) is 10.4. The van der Waals surface area contributed by atoms with E-state index in [1.807, 2.05) is 6.92 Å². The first-order valence-electron chi connectivity index (χ1n) is 5.07.